The van der Waals surface area contributed by atoms with E-state index in [1.165, 1.54) is 4.90 Å². The molecule has 0 aliphatic carbocycles. The molecule has 0 radical (unpaired) electrons. The first-order chi connectivity index (χ1) is 7.53. The molecule has 1 N–H and O–H groups in total. The Morgan fingerprint density at radius 2 is 1.81 bits per heavy atom. The molecule has 1 fully saturated rings. The third kappa shape index (κ3) is 5.12. The van der Waals surface area contributed by atoms with Gasteiger partial charge in [0, 0.05) is 12.6 Å². The van der Waals surface area contributed by atoms with Crippen LogP contribution in [0.3, 0.4) is 0 Å². The Bertz CT molecular complexity index is 190. The number of nitrogens with one attached hydrogen (secondary N) is 1. The van der Waals surface area contributed by atoms with Crippen molar-refractivity contribution >= 4 is 0 Å². The van der Waals surface area contributed by atoms with Crippen LogP contribution in [0.1, 0.15) is 19.3 Å². The number of nitrogens with zero attached hydrogens (tertiary/aromatic N) is 1. The molecule has 0 atom stereocenters. The van der Waals surface area contributed by atoms with Crippen molar-refractivity contribution in [3.63, 3.8) is 0 Å². The molecule has 6 heteroatoms. The van der Waals surface area contributed by atoms with Gasteiger partial charge in [0.2, 0.25) is 0 Å². The summed E-state index contributed by atoms with van der Waals surface area (Å²) in [6.07, 6.45) is -2.59. The third-order valence-corrected chi connectivity index (χ3v) is 2.79. The molecule has 1 rings (SSSR count). The predicted octanol–water partition coefficient (Wildman–Crippen LogP) is 1.96. The fraction of sp³-hybridized carbons (Fsp3) is 1.00. The minimum Gasteiger partial charge on any atom is -0.317 e. The minimum absolute atomic E-state index is 0.0607. The fourth-order valence-electron chi connectivity index (χ4n) is 2.06. The average Bonchev–Trinajstić information content (AvgIpc) is 2.24. The molecule has 0 aromatic carbocycles. The number of halogens is 4. The quantitative estimate of drug-likeness (QED) is 0.741. The van der Waals surface area contributed by atoms with Gasteiger partial charge in [0.25, 0.3) is 0 Å². The van der Waals surface area contributed by atoms with Gasteiger partial charge in [-0.25, -0.2) is 0 Å². The summed E-state index contributed by atoms with van der Waals surface area (Å²) in [5.74, 6) is 0. The summed E-state index contributed by atoms with van der Waals surface area (Å²) >= 11 is 0. The highest BCUT2D eigenvalue weighted by atomic mass is 19.4. The van der Waals surface area contributed by atoms with E-state index in [0.29, 0.717) is 12.8 Å². The van der Waals surface area contributed by atoms with E-state index in [1.807, 2.05) is 0 Å². The van der Waals surface area contributed by atoms with Crippen molar-refractivity contribution in [2.75, 3.05) is 32.9 Å². The summed E-state index contributed by atoms with van der Waals surface area (Å²) in [4.78, 5) is 1.38. The Balaban J connectivity index is 2.47. The lowest BCUT2D eigenvalue weighted by Gasteiger charge is -2.34. The topological polar surface area (TPSA) is 15.3 Å². The summed E-state index contributed by atoms with van der Waals surface area (Å²) in [5, 5.41) is 3.11. The molecule has 16 heavy (non-hydrogen) atoms. The number of hydrogen-bond acceptors (Lipinski definition) is 2. The molecule has 0 bridgehead atoms. The molecule has 1 aliphatic heterocycles. The molecular formula is C10H18F4N2. The lowest BCUT2D eigenvalue weighted by Crippen LogP contribution is -2.47. The molecule has 0 amide bonds. The van der Waals surface area contributed by atoms with Crippen LogP contribution in [0.5, 0.6) is 0 Å². The predicted molar refractivity (Wildman–Crippen MR) is 54.1 cm³/mol. The number of piperidine rings is 1. The second-order valence-corrected chi connectivity index (χ2v) is 4.11. The van der Waals surface area contributed by atoms with Crippen LogP contribution >= 0.6 is 0 Å². The maximum absolute atomic E-state index is 12.3. The van der Waals surface area contributed by atoms with E-state index in [0.717, 1.165) is 13.1 Å². The zero-order valence-electron chi connectivity index (χ0n) is 9.19. The summed E-state index contributed by atoms with van der Waals surface area (Å²) in [5.41, 5.74) is 0. The Labute approximate surface area is 93.0 Å². The summed E-state index contributed by atoms with van der Waals surface area (Å²) < 4.78 is 49.0. The Kier molecular flexibility index (Phi) is 5.48. The molecule has 2 nitrogen and oxygen atoms in total. The van der Waals surface area contributed by atoms with Crippen molar-refractivity contribution < 1.29 is 17.6 Å². The van der Waals surface area contributed by atoms with E-state index in [2.05, 4.69) is 5.32 Å². The largest absolute Gasteiger partial charge is 0.401 e. The smallest absolute Gasteiger partial charge is 0.317 e. The highest BCUT2D eigenvalue weighted by molar-refractivity contribution is 4.79. The Hall–Kier alpha value is -0.360. The van der Waals surface area contributed by atoms with E-state index >= 15 is 0 Å². The first-order valence-corrected chi connectivity index (χ1v) is 5.60. The summed E-state index contributed by atoms with van der Waals surface area (Å²) in [6.45, 7) is 0.209. The van der Waals surface area contributed by atoms with E-state index < -0.39 is 19.4 Å². The van der Waals surface area contributed by atoms with Crippen LogP contribution in [0.15, 0.2) is 0 Å². The van der Waals surface area contributed by atoms with E-state index in [9.17, 15) is 17.6 Å². The highest BCUT2D eigenvalue weighted by Crippen LogP contribution is 2.21. The Morgan fingerprint density at radius 3 is 2.31 bits per heavy atom. The maximum atomic E-state index is 12.3. The van der Waals surface area contributed by atoms with Gasteiger partial charge in [-0.15, -0.1) is 0 Å². The monoisotopic (exact) mass is 242 g/mol. The lowest BCUT2D eigenvalue weighted by atomic mass is 10.0. The van der Waals surface area contributed by atoms with Crippen molar-refractivity contribution in [3.8, 4) is 0 Å². The Morgan fingerprint density at radius 1 is 1.19 bits per heavy atom. The molecular weight excluding hydrogens is 224 g/mol. The zero-order chi connectivity index (χ0) is 12.0. The van der Waals surface area contributed by atoms with Gasteiger partial charge in [0.15, 0.2) is 0 Å². The van der Waals surface area contributed by atoms with Gasteiger partial charge in [0.1, 0.15) is 0 Å². The summed E-state index contributed by atoms with van der Waals surface area (Å²) in [7, 11) is 0. The highest BCUT2D eigenvalue weighted by Gasteiger charge is 2.33. The zero-order valence-corrected chi connectivity index (χ0v) is 9.19. The van der Waals surface area contributed by atoms with Gasteiger partial charge in [-0.2, -0.15) is 13.2 Å². The number of hydrogen-bond donors (Lipinski definition) is 1. The van der Waals surface area contributed by atoms with Crippen LogP contribution in [0.25, 0.3) is 0 Å². The van der Waals surface area contributed by atoms with Crippen molar-refractivity contribution in [2.24, 2.45) is 0 Å². The van der Waals surface area contributed by atoms with E-state index in [1.54, 1.807) is 0 Å². The number of alkyl halides is 4. The third-order valence-electron chi connectivity index (χ3n) is 2.79. The van der Waals surface area contributed by atoms with Crippen molar-refractivity contribution in [1.82, 2.24) is 10.2 Å². The molecule has 0 aromatic heterocycles. The molecule has 0 aromatic rings. The van der Waals surface area contributed by atoms with Gasteiger partial charge < -0.3 is 5.32 Å². The molecule has 0 spiro atoms. The first-order valence-electron chi connectivity index (χ1n) is 5.60. The van der Waals surface area contributed by atoms with Crippen LogP contribution in [0.2, 0.25) is 0 Å². The van der Waals surface area contributed by atoms with Crippen LogP contribution in [-0.2, 0) is 0 Å². The van der Waals surface area contributed by atoms with Crippen LogP contribution < -0.4 is 5.32 Å². The maximum Gasteiger partial charge on any atom is 0.401 e. The van der Waals surface area contributed by atoms with Gasteiger partial charge in [-0.1, -0.05) is 0 Å². The van der Waals surface area contributed by atoms with Crippen LogP contribution in [0.4, 0.5) is 17.6 Å². The van der Waals surface area contributed by atoms with E-state index in [4.69, 9.17) is 0 Å². The lowest BCUT2D eigenvalue weighted by molar-refractivity contribution is -0.152. The SMILES string of the molecule is FCCCN(CC(F)(F)F)C1CCNCC1. The standard InChI is InChI=1S/C10H18F4N2/c11-4-1-7-16(8-10(12,13)14)9-2-5-15-6-3-9/h9,15H,1-8H2. The molecule has 1 saturated heterocycles. The molecule has 0 unspecified atom stereocenters. The van der Waals surface area contributed by atoms with Gasteiger partial charge in [-0.3, -0.25) is 9.29 Å². The molecule has 1 heterocycles. The average molecular weight is 242 g/mol. The first kappa shape index (κ1) is 13.7. The molecule has 96 valence electrons. The minimum atomic E-state index is -4.19. The van der Waals surface area contributed by atoms with Crippen molar-refractivity contribution in [1.29, 1.82) is 0 Å². The molecule has 0 saturated carbocycles. The fourth-order valence-corrected chi connectivity index (χ4v) is 2.06. The van der Waals surface area contributed by atoms with Gasteiger partial charge in [-0.05, 0) is 32.4 Å². The van der Waals surface area contributed by atoms with Gasteiger partial charge >= 0.3 is 6.18 Å². The van der Waals surface area contributed by atoms with Crippen LogP contribution in [0, 0.1) is 0 Å². The second kappa shape index (κ2) is 6.39. The normalized spacial score (nSPS) is 19.3. The molecule has 1 aliphatic rings. The number of rotatable bonds is 5. The van der Waals surface area contributed by atoms with Gasteiger partial charge in [0.05, 0.1) is 13.2 Å². The van der Waals surface area contributed by atoms with Crippen LogP contribution in [-0.4, -0.2) is 50.0 Å². The summed E-state index contributed by atoms with van der Waals surface area (Å²) in [6, 6.07) is -0.0607. The van der Waals surface area contributed by atoms with E-state index in [-0.39, 0.29) is 19.0 Å². The van der Waals surface area contributed by atoms with Crippen molar-refractivity contribution in [3.05, 3.63) is 0 Å². The van der Waals surface area contributed by atoms with Crippen molar-refractivity contribution in [2.45, 2.75) is 31.5 Å². The second-order valence-electron chi connectivity index (χ2n) is 4.11.